The maximum atomic E-state index is 12.8. The molecule has 0 unspecified atom stereocenters. The van der Waals surface area contributed by atoms with E-state index >= 15 is 0 Å². The van der Waals surface area contributed by atoms with E-state index in [2.05, 4.69) is 25.2 Å². The molecule has 2 aromatic carbocycles. The Morgan fingerprint density at radius 3 is 2.58 bits per heavy atom. The molecule has 26 heavy (non-hydrogen) atoms. The predicted molar refractivity (Wildman–Crippen MR) is 108 cm³/mol. The molecular formula is C22H30N2O2. The lowest BCUT2D eigenvalue weighted by molar-refractivity contribution is -0.120. The quantitative estimate of drug-likeness (QED) is 0.749. The van der Waals surface area contributed by atoms with Gasteiger partial charge in [0.1, 0.15) is 5.75 Å². The Bertz CT molecular complexity index is 730. The minimum Gasteiger partial charge on any atom is -0.497 e. The molecule has 2 aromatic rings. The lowest BCUT2D eigenvalue weighted by atomic mass is 9.97. The Morgan fingerprint density at radius 1 is 1.15 bits per heavy atom. The normalized spacial score (nSPS) is 13.3. The molecule has 2 atom stereocenters. The number of para-hydroxylation sites is 1. The zero-order valence-corrected chi connectivity index (χ0v) is 16.5. The third kappa shape index (κ3) is 5.09. The minimum atomic E-state index is -0.244. The summed E-state index contributed by atoms with van der Waals surface area (Å²) in [6.45, 7) is 6.96. The summed E-state index contributed by atoms with van der Waals surface area (Å²) in [6.07, 6.45) is 1.04. The first-order chi connectivity index (χ1) is 12.5. The fourth-order valence-corrected chi connectivity index (χ4v) is 2.89. The van der Waals surface area contributed by atoms with Gasteiger partial charge in [0.15, 0.2) is 0 Å². The number of benzene rings is 2. The maximum Gasteiger partial charge on any atom is 0.241 e. The number of hydrogen-bond acceptors (Lipinski definition) is 3. The summed E-state index contributed by atoms with van der Waals surface area (Å²) in [6, 6.07) is 15.7. The van der Waals surface area contributed by atoms with Crippen molar-refractivity contribution < 1.29 is 9.53 Å². The molecule has 1 N–H and O–H groups in total. The van der Waals surface area contributed by atoms with Crippen LogP contribution in [0.2, 0.25) is 0 Å². The molecule has 0 saturated heterocycles. The predicted octanol–water partition coefficient (Wildman–Crippen LogP) is 4.67. The fraction of sp³-hybridized carbons (Fsp3) is 0.409. The monoisotopic (exact) mass is 354 g/mol. The molecule has 4 heteroatoms. The Morgan fingerprint density at radius 2 is 1.88 bits per heavy atom. The van der Waals surface area contributed by atoms with E-state index in [1.807, 2.05) is 61.3 Å². The van der Waals surface area contributed by atoms with Crippen LogP contribution in [0.25, 0.3) is 0 Å². The van der Waals surface area contributed by atoms with Crippen LogP contribution in [-0.2, 0) is 11.3 Å². The number of ether oxygens (including phenoxy) is 1. The van der Waals surface area contributed by atoms with E-state index in [0.717, 1.165) is 23.4 Å². The molecule has 0 fully saturated rings. The van der Waals surface area contributed by atoms with E-state index in [4.69, 9.17) is 4.74 Å². The molecular weight excluding hydrogens is 324 g/mol. The fourth-order valence-electron chi connectivity index (χ4n) is 2.89. The van der Waals surface area contributed by atoms with Gasteiger partial charge in [-0.25, -0.2) is 0 Å². The third-order valence-electron chi connectivity index (χ3n) is 4.97. The van der Waals surface area contributed by atoms with Crippen LogP contribution in [0.3, 0.4) is 0 Å². The number of nitrogens with zero attached hydrogens (tertiary/aromatic N) is 1. The van der Waals surface area contributed by atoms with E-state index in [-0.39, 0.29) is 11.9 Å². The van der Waals surface area contributed by atoms with E-state index < -0.39 is 0 Å². The number of amides is 1. The molecule has 0 aromatic heterocycles. The molecule has 0 radical (unpaired) electrons. The number of nitrogens with one attached hydrogen (secondary N) is 1. The first-order valence-electron chi connectivity index (χ1n) is 9.19. The molecule has 0 bridgehead atoms. The van der Waals surface area contributed by atoms with Crippen molar-refractivity contribution in [1.29, 1.82) is 0 Å². The molecule has 0 saturated carbocycles. The summed E-state index contributed by atoms with van der Waals surface area (Å²) >= 11 is 0. The van der Waals surface area contributed by atoms with E-state index in [1.54, 1.807) is 7.11 Å². The number of carbonyl (C=O) groups is 1. The smallest absolute Gasteiger partial charge is 0.241 e. The topological polar surface area (TPSA) is 41.6 Å². The van der Waals surface area contributed by atoms with Crippen LogP contribution >= 0.6 is 0 Å². The van der Waals surface area contributed by atoms with Crippen molar-refractivity contribution >= 4 is 11.6 Å². The largest absolute Gasteiger partial charge is 0.497 e. The van der Waals surface area contributed by atoms with Crippen LogP contribution in [0.15, 0.2) is 48.5 Å². The van der Waals surface area contributed by atoms with Gasteiger partial charge in [0, 0.05) is 12.2 Å². The molecule has 0 aliphatic carbocycles. The van der Waals surface area contributed by atoms with Gasteiger partial charge in [-0.15, -0.1) is 0 Å². The number of anilines is 1. The molecule has 140 valence electrons. The van der Waals surface area contributed by atoms with Crippen molar-refractivity contribution in [3.05, 3.63) is 59.7 Å². The highest BCUT2D eigenvalue weighted by Crippen LogP contribution is 2.26. The van der Waals surface area contributed by atoms with Crippen LogP contribution in [0.1, 0.15) is 44.2 Å². The van der Waals surface area contributed by atoms with Crippen molar-refractivity contribution in [1.82, 2.24) is 4.90 Å². The standard InChI is InChI=1S/C22H30N2O2/c1-6-16(2)20-12-7-8-13-21(20)23-22(25)17(3)24(4)15-18-10-9-11-19(14-18)26-5/h7-14,16-17H,6,15H2,1-5H3,(H,23,25)/t16-,17+/m1/s1. The number of methoxy groups -OCH3 is 1. The number of hydrogen-bond donors (Lipinski definition) is 1. The van der Waals surface area contributed by atoms with E-state index in [0.29, 0.717) is 12.5 Å². The second kappa shape index (κ2) is 9.39. The van der Waals surface area contributed by atoms with Crippen LogP contribution in [0.5, 0.6) is 5.75 Å². The molecule has 0 heterocycles. The first-order valence-corrected chi connectivity index (χ1v) is 9.19. The van der Waals surface area contributed by atoms with Gasteiger partial charge in [-0.05, 0) is 55.6 Å². The van der Waals surface area contributed by atoms with Gasteiger partial charge in [0.05, 0.1) is 13.2 Å². The summed E-state index contributed by atoms with van der Waals surface area (Å²) in [5.41, 5.74) is 3.21. The second-order valence-corrected chi connectivity index (χ2v) is 6.83. The van der Waals surface area contributed by atoms with Crippen molar-refractivity contribution in [3.63, 3.8) is 0 Å². The van der Waals surface area contributed by atoms with Gasteiger partial charge in [-0.2, -0.15) is 0 Å². The van der Waals surface area contributed by atoms with Crippen molar-refractivity contribution in [2.45, 2.75) is 45.7 Å². The van der Waals surface area contributed by atoms with Crippen LogP contribution in [0, 0.1) is 0 Å². The van der Waals surface area contributed by atoms with E-state index in [1.165, 1.54) is 5.56 Å². The molecule has 0 aliphatic rings. The lowest BCUT2D eigenvalue weighted by Gasteiger charge is -2.25. The number of likely N-dealkylation sites (N-methyl/N-ethyl adjacent to an activating group) is 1. The summed E-state index contributed by atoms with van der Waals surface area (Å²) in [5, 5.41) is 3.11. The summed E-state index contributed by atoms with van der Waals surface area (Å²) in [7, 11) is 3.62. The zero-order valence-electron chi connectivity index (χ0n) is 16.5. The molecule has 0 aliphatic heterocycles. The molecule has 2 rings (SSSR count). The van der Waals surface area contributed by atoms with Gasteiger partial charge in [0.25, 0.3) is 0 Å². The van der Waals surface area contributed by atoms with Crippen molar-refractivity contribution in [2.75, 3.05) is 19.5 Å². The zero-order chi connectivity index (χ0) is 19.1. The average molecular weight is 354 g/mol. The van der Waals surface area contributed by atoms with Crippen LogP contribution in [0.4, 0.5) is 5.69 Å². The van der Waals surface area contributed by atoms with Gasteiger partial charge in [0.2, 0.25) is 5.91 Å². The van der Waals surface area contributed by atoms with Crippen molar-refractivity contribution in [2.24, 2.45) is 0 Å². The number of carbonyl (C=O) groups excluding carboxylic acids is 1. The Balaban J connectivity index is 2.05. The summed E-state index contributed by atoms with van der Waals surface area (Å²) in [4.78, 5) is 14.8. The highest BCUT2D eigenvalue weighted by atomic mass is 16.5. The van der Waals surface area contributed by atoms with Crippen molar-refractivity contribution in [3.8, 4) is 5.75 Å². The summed E-state index contributed by atoms with van der Waals surface area (Å²) in [5.74, 6) is 1.25. The minimum absolute atomic E-state index is 0.00569. The van der Waals surface area contributed by atoms with Gasteiger partial charge in [-0.1, -0.05) is 44.2 Å². The highest BCUT2D eigenvalue weighted by molar-refractivity contribution is 5.95. The third-order valence-corrected chi connectivity index (χ3v) is 4.97. The average Bonchev–Trinajstić information content (AvgIpc) is 2.67. The van der Waals surface area contributed by atoms with Gasteiger partial charge in [-0.3, -0.25) is 9.69 Å². The summed E-state index contributed by atoms with van der Waals surface area (Å²) < 4.78 is 5.27. The second-order valence-electron chi connectivity index (χ2n) is 6.83. The Labute approximate surface area is 157 Å². The molecule has 1 amide bonds. The molecule has 4 nitrogen and oxygen atoms in total. The SMILES string of the molecule is CC[C@@H](C)c1ccccc1NC(=O)[C@H](C)N(C)Cc1cccc(OC)c1. The van der Waals surface area contributed by atoms with Gasteiger partial charge < -0.3 is 10.1 Å². The first kappa shape index (κ1) is 20.0. The molecule has 0 spiro atoms. The van der Waals surface area contributed by atoms with Crippen LogP contribution in [-0.4, -0.2) is 31.0 Å². The maximum absolute atomic E-state index is 12.8. The van der Waals surface area contributed by atoms with E-state index in [9.17, 15) is 4.79 Å². The Kier molecular flexibility index (Phi) is 7.22. The highest BCUT2D eigenvalue weighted by Gasteiger charge is 2.20. The van der Waals surface area contributed by atoms with Gasteiger partial charge >= 0.3 is 0 Å². The Hall–Kier alpha value is -2.33. The lowest BCUT2D eigenvalue weighted by Crippen LogP contribution is -2.39. The van der Waals surface area contributed by atoms with Crippen LogP contribution < -0.4 is 10.1 Å². The number of rotatable bonds is 8.